The first-order valence-corrected chi connectivity index (χ1v) is 9.47. The fourth-order valence-electron chi connectivity index (χ4n) is 2.14. The lowest BCUT2D eigenvalue weighted by Crippen LogP contribution is -2.23. The van der Waals surface area contributed by atoms with Crippen molar-refractivity contribution in [2.24, 2.45) is 0 Å². The molecule has 2 aromatic rings. The van der Waals surface area contributed by atoms with E-state index in [1.54, 1.807) is 31.2 Å². The van der Waals surface area contributed by atoms with Crippen molar-refractivity contribution in [1.29, 1.82) is 0 Å². The predicted molar refractivity (Wildman–Crippen MR) is 97.4 cm³/mol. The summed E-state index contributed by atoms with van der Waals surface area (Å²) in [6.45, 7) is 3.59. The Morgan fingerprint density at radius 2 is 1.92 bits per heavy atom. The summed E-state index contributed by atoms with van der Waals surface area (Å²) in [5, 5.41) is 3.06. The first-order valence-electron chi connectivity index (χ1n) is 7.61. The van der Waals surface area contributed by atoms with Crippen molar-refractivity contribution in [3.8, 4) is 5.75 Å². The minimum absolute atomic E-state index is 0.0201. The first kappa shape index (κ1) is 19.2. The average molecular weight is 383 g/mol. The van der Waals surface area contributed by atoms with Gasteiger partial charge in [0.1, 0.15) is 5.75 Å². The van der Waals surface area contributed by atoms with Crippen LogP contribution in [0.15, 0.2) is 47.4 Å². The number of benzene rings is 2. The van der Waals surface area contributed by atoms with Gasteiger partial charge in [-0.2, -0.15) is 0 Å². The Balaban J connectivity index is 2.26. The molecule has 2 N–H and O–H groups in total. The highest BCUT2D eigenvalue weighted by Crippen LogP contribution is 2.28. The number of carbonyl (C=O) groups is 1. The lowest BCUT2D eigenvalue weighted by molar-refractivity contribution is -0.114. The molecule has 0 aliphatic heterocycles. The summed E-state index contributed by atoms with van der Waals surface area (Å²) in [4.78, 5) is 11.4. The summed E-state index contributed by atoms with van der Waals surface area (Å²) in [5.74, 6) is 0.0854. The Hall–Kier alpha value is -2.09. The van der Waals surface area contributed by atoms with Gasteiger partial charge in [-0.05, 0) is 36.8 Å². The zero-order chi connectivity index (χ0) is 18.4. The molecule has 2 aromatic carbocycles. The second-order valence-corrected chi connectivity index (χ2v) is 7.36. The van der Waals surface area contributed by atoms with Crippen LogP contribution in [0.2, 0.25) is 5.02 Å². The molecule has 0 radical (unpaired) electrons. The molecule has 0 heterocycles. The summed E-state index contributed by atoms with van der Waals surface area (Å²) in [7, 11) is -3.78. The monoisotopic (exact) mass is 382 g/mol. The number of nitrogens with one attached hydrogen (secondary N) is 2. The molecule has 0 aliphatic carbocycles. The quantitative estimate of drug-likeness (QED) is 0.770. The molecule has 2 rings (SSSR count). The van der Waals surface area contributed by atoms with Crippen molar-refractivity contribution in [3.05, 3.63) is 53.1 Å². The molecule has 0 aliphatic rings. The van der Waals surface area contributed by atoms with E-state index < -0.39 is 10.0 Å². The number of ether oxygens (including phenoxy) is 1. The van der Waals surface area contributed by atoms with Crippen molar-refractivity contribution >= 4 is 33.2 Å². The van der Waals surface area contributed by atoms with Crippen LogP contribution in [0.3, 0.4) is 0 Å². The Bertz CT molecular complexity index is 869. The van der Waals surface area contributed by atoms with Crippen LogP contribution in [0, 0.1) is 0 Å². The molecule has 0 spiro atoms. The zero-order valence-corrected chi connectivity index (χ0v) is 15.4. The Morgan fingerprint density at radius 1 is 1.20 bits per heavy atom. The fourth-order valence-corrected chi connectivity index (χ4v) is 3.38. The molecule has 8 heteroatoms. The number of hydrogen-bond acceptors (Lipinski definition) is 4. The maximum absolute atomic E-state index is 12.5. The van der Waals surface area contributed by atoms with Gasteiger partial charge in [-0.1, -0.05) is 29.8 Å². The second-order valence-electron chi connectivity index (χ2n) is 5.19. The van der Waals surface area contributed by atoms with Crippen molar-refractivity contribution in [2.45, 2.75) is 25.3 Å². The Labute approximate surface area is 152 Å². The van der Waals surface area contributed by atoms with E-state index in [1.807, 2.05) is 0 Å². The van der Waals surface area contributed by atoms with Gasteiger partial charge in [0, 0.05) is 18.5 Å². The van der Waals surface area contributed by atoms with Crippen LogP contribution in [0.4, 0.5) is 5.69 Å². The molecule has 0 aromatic heterocycles. The van der Waals surface area contributed by atoms with Crippen LogP contribution in [-0.2, 0) is 21.4 Å². The van der Waals surface area contributed by atoms with Gasteiger partial charge in [0.15, 0.2) is 0 Å². The Morgan fingerprint density at radius 3 is 2.56 bits per heavy atom. The number of hydrogen-bond donors (Lipinski definition) is 2. The van der Waals surface area contributed by atoms with Crippen LogP contribution in [-0.4, -0.2) is 20.9 Å². The molecular formula is C17H19ClN2O4S. The number of halogens is 1. The van der Waals surface area contributed by atoms with E-state index >= 15 is 0 Å². The summed E-state index contributed by atoms with van der Waals surface area (Å²) >= 11 is 6.04. The molecule has 0 saturated carbocycles. The van der Waals surface area contributed by atoms with Crippen LogP contribution in [0.25, 0.3) is 0 Å². The predicted octanol–water partition coefficient (Wildman–Crippen LogP) is 3.18. The van der Waals surface area contributed by atoms with Gasteiger partial charge < -0.3 is 10.1 Å². The zero-order valence-electron chi connectivity index (χ0n) is 13.9. The van der Waals surface area contributed by atoms with Gasteiger partial charge in [0.2, 0.25) is 15.9 Å². The van der Waals surface area contributed by atoms with Crippen molar-refractivity contribution in [3.63, 3.8) is 0 Å². The fraction of sp³-hybridized carbons (Fsp3) is 0.235. The van der Waals surface area contributed by atoms with Crippen LogP contribution in [0.1, 0.15) is 19.4 Å². The van der Waals surface area contributed by atoms with E-state index in [1.165, 1.54) is 25.1 Å². The van der Waals surface area contributed by atoms with Gasteiger partial charge in [-0.3, -0.25) is 4.79 Å². The minimum Gasteiger partial charge on any atom is -0.492 e. The largest absolute Gasteiger partial charge is 0.492 e. The number of amides is 1. The molecule has 0 fully saturated rings. The van der Waals surface area contributed by atoms with Crippen LogP contribution in [0.5, 0.6) is 5.75 Å². The molecule has 0 unspecified atom stereocenters. The van der Waals surface area contributed by atoms with Crippen LogP contribution >= 0.6 is 11.6 Å². The molecule has 0 bridgehead atoms. The van der Waals surface area contributed by atoms with Crippen molar-refractivity contribution in [1.82, 2.24) is 4.72 Å². The van der Waals surface area contributed by atoms with E-state index in [-0.39, 0.29) is 17.3 Å². The molecule has 0 saturated heterocycles. The smallest absolute Gasteiger partial charge is 0.240 e. The number of carbonyl (C=O) groups excluding carboxylic acids is 1. The lowest BCUT2D eigenvalue weighted by Gasteiger charge is -2.13. The van der Waals surface area contributed by atoms with Gasteiger partial charge in [-0.15, -0.1) is 0 Å². The summed E-state index contributed by atoms with van der Waals surface area (Å²) in [5.41, 5.74) is 0.968. The highest BCUT2D eigenvalue weighted by Gasteiger charge is 2.17. The molecule has 0 atom stereocenters. The minimum atomic E-state index is -3.78. The molecule has 134 valence electrons. The topological polar surface area (TPSA) is 84.5 Å². The Kier molecular flexibility index (Phi) is 6.41. The number of rotatable bonds is 7. The third-order valence-corrected chi connectivity index (χ3v) is 5.05. The lowest BCUT2D eigenvalue weighted by atomic mass is 10.2. The van der Waals surface area contributed by atoms with Crippen molar-refractivity contribution in [2.75, 3.05) is 11.9 Å². The first-order chi connectivity index (χ1) is 11.8. The van der Waals surface area contributed by atoms with Gasteiger partial charge in [0.25, 0.3) is 0 Å². The van der Waals surface area contributed by atoms with E-state index in [2.05, 4.69) is 10.0 Å². The summed E-state index contributed by atoms with van der Waals surface area (Å²) < 4.78 is 32.9. The molecule has 25 heavy (non-hydrogen) atoms. The molecular weight excluding hydrogens is 364 g/mol. The highest BCUT2D eigenvalue weighted by atomic mass is 35.5. The van der Waals surface area contributed by atoms with Crippen molar-refractivity contribution < 1.29 is 17.9 Å². The number of sulfonamides is 1. The average Bonchev–Trinajstić information content (AvgIpc) is 2.55. The maximum atomic E-state index is 12.5. The van der Waals surface area contributed by atoms with Gasteiger partial charge in [-0.25, -0.2) is 13.1 Å². The van der Waals surface area contributed by atoms with E-state index in [9.17, 15) is 13.2 Å². The van der Waals surface area contributed by atoms with E-state index in [0.717, 1.165) is 0 Å². The van der Waals surface area contributed by atoms with E-state index in [4.69, 9.17) is 16.3 Å². The molecule has 1 amide bonds. The van der Waals surface area contributed by atoms with E-state index in [0.29, 0.717) is 28.6 Å². The summed E-state index contributed by atoms with van der Waals surface area (Å²) in [6.07, 6.45) is 0. The summed E-state index contributed by atoms with van der Waals surface area (Å²) in [6, 6.07) is 11.3. The second kappa shape index (κ2) is 8.33. The van der Waals surface area contributed by atoms with Gasteiger partial charge >= 0.3 is 0 Å². The third-order valence-electron chi connectivity index (χ3n) is 3.28. The van der Waals surface area contributed by atoms with Crippen LogP contribution < -0.4 is 14.8 Å². The third kappa shape index (κ3) is 5.19. The maximum Gasteiger partial charge on any atom is 0.240 e. The SMILES string of the molecule is CCOc1ccc(S(=O)(=O)NCc2ccccc2Cl)cc1NC(C)=O. The highest BCUT2D eigenvalue weighted by molar-refractivity contribution is 7.89. The number of anilines is 1. The molecule has 6 nitrogen and oxygen atoms in total. The standard InChI is InChI=1S/C17H19ClN2O4S/c1-3-24-17-9-8-14(10-16(17)20-12(2)21)25(22,23)19-11-13-6-4-5-7-15(13)18/h4-10,19H,3,11H2,1-2H3,(H,20,21). The van der Waals surface area contributed by atoms with Gasteiger partial charge in [0.05, 0.1) is 17.2 Å². The normalized spacial score (nSPS) is 11.2.